The third-order valence-corrected chi connectivity index (χ3v) is 6.02. The van der Waals surface area contributed by atoms with Crippen LogP contribution in [0.3, 0.4) is 0 Å². The average molecular weight is 479 g/mol. The number of hydrogen-bond acceptors (Lipinski definition) is 7. The third-order valence-electron chi connectivity index (χ3n) is 6.02. The molecule has 1 aliphatic rings. The monoisotopic (exact) mass is 478 g/mol. The molecule has 1 unspecified atom stereocenters. The molecular formula is C24H26N6O5. The fraction of sp³-hybridized carbons (Fsp3) is 0.333. The van der Waals surface area contributed by atoms with Crippen LogP contribution in [0, 0.1) is 0 Å². The molecule has 0 bridgehead atoms. The maximum atomic E-state index is 12.9. The zero-order valence-corrected chi connectivity index (χ0v) is 19.2. The Bertz CT molecular complexity index is 1150. The van der Waals surface area contributed by atoms with Crippen molar-refractivity contribution in [3.8, 4) is 11.1 Å². The Labute approximate surface area is 201 Å². The van der Waals surface area contributed by atoms with E-state index in [2.05, 4.69) is 25.9 Å². The fourth-order valence-electron chi connectivity index (χ4n) is 4.24. The standard InChI is InChI=1S/C24H26N6O5/c1-30(13-12-21-26-28-29-27-21)23(33)20(10-11-22(31)32)25-24(34)35-14-19-17-8-4-2-6-15(17)16-7-3-5-9-18(16)19/h2-9,19-20H,10-14H2,1H3,(H,25,34)(H,31,32)(H,26,27,28,29). The van der Waals surface area contributed by atoms with Gasteiger partial charge in [0, 0.05) is 32.4 Å². The summed E-state index contributed by atoms with van der Waals surface area (Å²) in [5.41, 5.74) is 4.35. The van der Waals surface area contributed by atoms with E-state index in [0.717, 1.165) is 22.3 Å². The lowest BCUT2D eigenvalue weighted by Crippen LogP contribution is -2.48. The number of aromatic nitrogens is 4. The van der Waals surface area contributed by atoms with Crippen LogP contribution in [-0.4, -0.2) is 74.8 Å². The number of aromatic amines is 1. The van der Waals surface area contributed by atoms with Crippen LogP contribution >= 0.6 is 0 Å². The Morgan fingerprint density at radius 3 is 2.37 bits per heavy atom. The van der Waals surface area contributed by atoms with Crippen LogP contribution in [0.1, 0.15) is 35.7 Å². The van der Waals surface area contributed by atoms with Gasteiger partial charge in [-0.2, -0.15) is 5.21 Å². The highest BCUT2D eigenvalue weighted by Gasteiger charge is 2.30. The number of H-pyrrole nitrogens is 1. The lowest BCUT2D eigenvalue weighted by Gasteiger charge is -2.24. The van der Waals surface area contributed by atoms with E-state index in [0.29, 0.717) is 12.2 Å². The number of tetrazole rings is 1. The van der Waals surface area contributed by atoms with Crippen LogP contribution < -0.4 is 5.32 Å². The van der Waals surface area contributed by atoms with Gasteiger partial charge in [-0.1, -0.05) is 53.7 Å². The van der Waals surface area contributed by atoms with Crippen LogP contribution in [0.25, 0.3) is 11.1 Å². The minimum absolute atomic E-state index is 0.0646. The molecule has 2 aromatic carbocycles. The predicted molar refractivity (Wildman–Crippen MR) is 124 cm³/mol. The van der Waals surface area contributed by atoms with Crippen molar-refractivity contribution in [3.63, 3.8) is 0 Å². The van der Waals surface area contributed by atoms with Gasteiger partial charge in [-0.3, -0.25) is 9.59 Å². The van der Waals surface area contributed by atoms with E-state index in [4.69, 9.17) is 9.84 Å². The predicted octanol–water partition coefficient (Wildman–Crippen LogP) is 1.97. The quantitative estimate of drug-likeness (QED) is 0.400. The maximum absolute atomic E-state index is 12.9. The van der Waals surface area contributed by atoms with Crippen LogP contribution in [-0.2, 0) is 20.7 Å². The molecule has 2 amide bonds. The molecule has 1 aliphatic carbocycles. The molecule has 0 fully saturated rings. The first-order valence-electron chi connectivity index (χ1n) is 11.2. The van der Waals surface area contributed by atoms with E-state index < -0.39 is 24.0 Å². The van der Waals surface area contributed by atoms with Crippen molar-refractivity contribution in [3.05, 3.63) is 65.5 Å². The Balaban J connectivity index is 1.39. The molecule has 0 saturated heterocycles. The zero-order chi connectivity index (χ0) is 24.8. The van der Waals surface area contributed by atoms with Gasteiger partial charge in [0.1, 0.15) is 12.6 Å². The Hall–Kier alpha value is -4.28. The second kappa shape index (κ2) is 10.8. The summed E-state index contributed by atoms with van der Waals surface area (Å²) in [6.07, 6.45) is -0.763. The molecule has 1 aromatic heterocycles. The van der Waals surface area contributed by atoms with Gasteiger partial charge in [0.15, 0.2) is 5.82 Å². The van der Waals surface area contributed by atoms with Crippen LogP contribution in [0.4, 0.5) is 4.79 Å². The molecule has 0 spiro atoms. The summed E-state index contributed by atoms with van der Waals surface area (Å²) in [7, 11) is 1.57. The molecule has 182 valence electrons. The lowest BCUT2D eigenvalue weighted by molar-refractivity contribution is -0.137. The molecule has 35 heavy (non-hydrogen) atoms. The van der Waals surface area contributed by atoms with Crippen molar-refractivity contribution in [1.29, 1.82) is 0 Å². The second-order valence-corrected chi connectivity index (χ2v) is 8.29. The molecular weight excluding hydrogens is 452 g/mol. The number of benzene rings is 2. The highest BCUT2D eigenvalue weighted by atomic mass is 16.5. The van der Waals surface area contributed by atoms with Crippen LogP contribution in [0.5, 0.6) is 0 Å². The number of nitrogens with zero attached hydrogens (tertiary/aromatic N) is 4. The van der Waals surface area contributed by atoms with Crippen molar-refractivity contribution in [2.75, 3.05) is 20.2 Å². The number of hydrogen-bond donors (Lipinski definition) is 3. The molecule has 4 rings (SSSR count). The number of carboxylic acid groups (broad SMARTS) is 1. The molecule has 0 radical (unpaired) electrons. The first-order valence-corrected chi connectivity index (χ1v) is 11.2. The van der Waals surface area contributed by atoms with Crippen molar-refractivity contribution >= 4 is 18.0 Å². The average Bonchev–Trinajstić information content (AvgIpc) is 3.49. The van der Waals surface area contributed by atoms with Crippen LogP contribution in [0.2, 0.25) is 0 Å². The van der Waals surface area contributed by atoms with Gasteiger partial charge in [-0.05, 0) is 28.7 Å². The number of carbonyl (C=O) groups is 3. The summed E-state index contributed by atoms with van der Waals surface area (Å²) in [5, 5.41) is 25.1. The Kier molecular flexibility index (Phi) is 7.34. The van der Waals surface area contributed by atoms with Gasteiger partial charge in [-0.25, -0.2) is 4.79 Å². The fourth-order valence-corrected chi connectivity index (χ4v) is 4.24. The van der Waals surface area contributed by atoms with E-state index >= 15 is 0 Å². The summed E-state index contributed by atoms with van der Waals surface area (Å²) in [6, 6.07) is 14.9. The molecule has 3 N–H and O–H groups in total. The molecule has 1 atom stereocenters. The third kappa shape index (κ3) is 5.62. The minimum Gasteiger partial charge on any atom is -0.481 e. The molecule has 1 heterocycles. The number of likely N-dealkylation sites (N-methyl/N-ethyl adjacent to an activating group) is 1. The van der Waals surface area contributed by atoms with Crippen molar-refractivity contribution < 1.29 is 24.2 Å². The largest absolute Gasteiger partial charge is 0.481 e. The van der Waals surface area contributed by atoms with E-state index in [1.165, 1.54) is 4.90 Å². The van der Waals surface area contributed by atoms with Crippen molar-refractivity contribution in [1.82, 2.24) is 30.8 Å². The van der Waals surface area contributed by atoms with Gasteiger partial charge >= 0.3 is 12.1 Å². The topological polar surface area (TPSA) is 150 Å². The highest BCUT2D eigenvalue weighted by molar-refractivity contribution is 5.86. The number of aliphatic carboxylic acids is 1. The number of fused-ring (bicyclic) bond motifs is 3. The summed E-state index contributed by atoms with van der Waals surface area (Å²) >= 11 is 0. The summed E-state index contributed by atoms with van der Waals surface area (Å²) in [4.78, 5) is 38.1. The van der Waals surface area contributed by atoms with Gasteiger partial charge in [0.25, 0.3) is 0 Å². The Morgan fingerprint density at radius 2 is 1.77 bits per heavy atom. The summed E-state index contributed by atoms with van der Waals surface area (Å²) < 4.78 is 5.53. The molecule has 0 aliphatic heterocycles. The number of rotatable bonds is 10. The van der Waals surface area contributed by atoms with Gasteiger partial charge in [0.05, 0.1) is 0 Å². The number of carboxylic acids is 1. The van der Waals surface area contributed by atoms with Gasteiger partial charge in [-0.15, -0.1) is 10.2 Å². The van der Waals surface area contributed by atoms with Crippen molar-refractivity contribution in [2.24, 2.45) is 0 Å². The Morgan fingerprint density at radius 1 is 1.11 bits per heavy atom. The van der Waals surface area contributed by atoms with E-state index in [9.17, 15) is 14.4 Å². The summed E-state index contributed by atoms with van der Waals surface area (Å²) in [5.74, 6) is -1.18. The second-order valence-electron chi connectivity index (χ2n) is 8.29. The number of nitrogens with one attached hydrogen (secondary N) is 2. The molecule has 11 nitrogen and oxygen atoms in total. The SMILES string of the molecule is CN(CCc1nn[nH]n1)C(=O)C(CCC(=O)O)NC(=O)OCC1c2ccccc2-c2ccccc21. The molecule has 11 heteroatoms. The van der Waals surface area contributed by atoms with E-state index in [1.54, 1.807) is 7.05 Å². The number of amides is 2. The number of alkyl carbamates (subject to hydrolysis) is 1. The minimum atomic E-state index is -1.06. The smallest absolute Gasteiger partial charge is 0.407 e. The molecule has 3 aromatic rings. The van der Waals surface area contributed by atoms with Crippen molar-refractivity contribution in [2.45, 2.75) is 31.2 Å². The summed E-state index contributed by atoms with van der Waals surface area (Å²) in [6.45, 7) is 0.363. The number of carbonyl (C=O) groups excluding carboxylic acids is 2. The zero-order valence-electron chi connectivity index (χ0n) is 19.2. The van der Waals surface area contributed by atoms with Crippen LogP contribution in [0.15, 0.2) is 48.5 Å². The normalized spacial score (nSPS) is 12.9. The molecule has 0 saturated carbocycles. The number of ether oxygens (including phenoxy) is 1. The van der Waals surface area contributed by atoms with Gasteiger partial charge in [0.2, 0.25) is 5.91 Å². The van der Waals surface area contributed by atoms with E-state index in [1.807, 2.05) is 48.5 Å². The van der Waals surface area contributed by atoms with Gasteiger partial charge < -0.3 is 20.1 Å². The highest BCUT2D eigenvalue weighted by Crippen LogP contribution is 2.44. The van der Waals surface area contributed by atoms with E-state index in [-0.39, 0.29) is 31.9 Å². The maximum Gasteiger partial charge on any atom is 0.407 e. The lowest BCUT2D eigenvalue weighted by atomic mass is 9.98. The first-order chi connectivity index (χ1) is 16.9. The first kappa shape index (κ1) is 23.9.